The molecule has 2 unspecified atom stereocenters. The van der Waals surface area contributed by atoms with Crippen molar-refractivity contribution < 1.29 is 23.9 Å². The number of carbonyl (C=O) groups excluding carboxylic acids is 4. The van der Waals surface area contributed by atoms with Gasteiger partial charge in [-0.05, 0) is 65.7 Å². The molecule has 1 aromatic carbocycles. The summed E-state index contributed by atoms with van der Waals surface area (Å²) in [5.41, 5.74) is 5.16. The van der Waals surface area contributed by atoms with Gasteiger partial charge in [-0.1, -0.05) is 31.4 Å². The molecule has 0 aliphatic heterocycles. The van der Waals surface area contributed by atoms with Crippen LogP contribution in [0.1, 0.15) is 84.9 Å². The number of unbranched alkanes of at least 4 members (excludes halogenated alkanes) is 1. The molecule has 4 N–H and O–H groups in total. The predicted octanol–water partition coefficient (Wildman–Crippen LogP) is 3.02. The third kappa shape index (κ3) is 10.4. The van der Waals surface area contributed by atoms with Crippen molar-refractivity contribution in [2.45, 2.75) is 91.0 Å². The number of nitrogens with two attached hydrogens (primary N) is 1. The van der Waals surface area contributed by atoms with Crippen LogP contribution in [0, 0.1) is 12.3 Å². The second-order valence-electron chi connectivity index (χ2n) is 10.7. The summed E-state index contributed by atoms with van der Waals surface area (Å²) in [6.07, 6.45) is 5.49. The zero-order valence-corrected chi connectivity index (χ0v) is 22.4. The first-order chi connectivity index (χ1) is 16.6. The number of nitrogens with one attached hydrogen (secondary N) is 2. The van der Waals surface area contributed by atoms with Crippen LogP contribution in [0.2, 0.25) is 0 Å². The summed E-state index contributed by atoms with van der Waals surface area (Å²) in [6.45, 7) is 12.7. The summed E-state index contributed by atoms with van der Waals surface area (Å²) in [6, 6.07) is 4.41. The van der Waals surface area contributed by atoms with E-state index in [0.29, 0.717) is 17.5 Å². The fraction of sp³-hybridized carbons (Fsp3) is 0.556. The van der Waals surface area contributed by atoms with E-state index in [2.05, 4.69) is 16.6 Å². The molecule has 4 amide bonds. The molecular weight excluding hydrogens is 460 g/mol. The molecule has 0 heterocycles. The normalized spacial score (nSPS) is 13.1. The first-order valence-electron chi connectivity index (χ1n) is 12.0. The fourth-order valence-corrected chi connectivity index (χ4v) is 3.42. The summed E-state index contributed by atoms with van der Waals surface area (Å²) in [5, 5.41) is 5.39. The van der Waals surface area contributed by atoms with E-state index in [0.717, 1.165) is 6.42 Å². The number of terminal acetylenes is 1. The first-order valence-corrected chi connectivity index (χ1v) is 12.0. The quantitative estimate of drug-likeness (QED) is 0.425. The highest BCUT2D eigenvalue weighted by atomic mass is 16.6. The van der Waals surface area contributed by atoms with Gasteiger partial charge in [-0.3, -0.25) is 14.4 Å². The van der Waals surface area contributed by atoms with Crippen LogP contribution < -0.4 is 16.4 Å². The summed E-state index contributed by atoms with van der Waals surface area (Å²) < 4.78 is 5.27. The third-order valence-electron chi connectivity index (χ3n) is 4.88. The number of amides is 4. The Morgan fingerprint density at radius 1 is 1.08 bits per heavy atom. The Morgan fingerprint density at radius 3 is 2.11 bits per heavy atom. The van der Waals surface area contributed by atoms with E-state index in [1.165, 1.54) is 4.90 Å². The molecule has 9 nitrogen and oxygen atoms in total. The molecular formula is C27H40N4O5. The molecule has 0 bridgehead atoms. The van der Waals surface area contributed by atoms with Gasteiger partial charge in [-0.2, -0.15) is 0 Å². The lowest BCUT2D eigenvalue weighted by atomic mass is 9.99. The predicted molar refractivity (Wildman–Crippen MR) is 139 cm³/mol. The Morgan fingerprint density at radius 2 is 1.67 bits per heavy atom. The van der Waals surface area contributed by atoms with Gasteiger partial charge in [0.1, 0.15) is 17.7 Å². The Hall–Kier alpha value is -3.54. The van der Waals surface area contributed by atoms with E-state index < -0.39 is 53.5 Å². The van der Waals surface area contributed by atoms with Gasteiger partial charge >= 0.3 is 6.09 Å². The van der Waals surface area contributed by atoms with Crippen molar-refractivity contribution in [2.24, 2.45) is 5.73 Å². The number of nitrogens with zero attached hydrogens (tertiary/aromatic N) is 1. The average Bonchev–Trinajstić information content (AvgIpc) is 2.73. The van der Waals surface area contributed by atoms with E-state index in [1.54, 1.807) is 45.0 Å². The molecule has 0 aliphatic rings. The van der Waals surface area contributed by atoms with Gasteiger partial charge < -0.3 is 26.0 Å². The number of hydrogen-bond donors (Lipinski definition) is 3. The van der Waals surface area contributed by atoms with Crippen molar-refractivity contribution in [3.63, 3.8) is 0 Å². The van der Waals surface area contributed by atoms with Crippen molar-refractivity contribution in [1.82, 2.24) is 15.5 Å². The molecule has 1 aromatic rings. The highest BCUT2D eigenvalue weighted by Gasteiger charge is 2.37. The monoisotopic (exact) mass is 500 g/mol. The molecule has 0 saturated carbocycles. The van der Waals surface area contributed by atoms with E-state index >= 15 is 0 Å². The lowest BCUT2D eigenvalue weighted by Crippen LogP contribution is -2.55. The van der Waals surface area contributed by atoms with Crippen LogP contribution in [-0.4, -0.2) is 52.4 Å². The average molecular weight is 501 g/mol. The van der Waals surface area contributed by atoms with Crippen LogP contribution in [-0.2, 0) is 19.1 Å². The van der Waals surface area contributed by atoms with Gasteiger partial charge in [0.25, 0.3) is 0 Å². The second-order valence-corrected chi connectivity index (χ2v) is 10.7. The van der Waals surface area contributed by atoms with Gasteiger partial charge in [-0.25, -0.2) is 4.79 Å². The van der Waals surface area contributed by atoms with E-state index in [4.69, 9.17) is 16.9 Å². The number of rotatable bonds is 10. The topological polar surface area (TPSA) is 131 Å². The van der Waals surface area contributed by atoms with Crippen molar-refractivity contribution in [2.75, 3.05) is 6.54 Å². The number of alkyl carbamates (subject to hydrolysis) is 1. The maximum atomic E-state index is 13.8. The van der Waals surface area contributed by atoms with Crippen LogP contribution in [0.25, 0.3) is 0 Å². The molecule has 0 spiro atoms. The van der Waals surface area contributed by atoms with Crippen molar-refractivity contribution in [3.05, 3.63) is 35.4 Å². The van der Waals surface area contributed by atoms with Gasteiger partial charge in [-0.15, -0.1) is 6.42 Å². The Balaban J connectivity index is 3.53. The highest BCUT2D eigenvalue weighted by Crippen LogP contribution is 2.25. The van der Waals surface area contributed by atoms with Crippen molar-refractivity contribution in [1.29, 1.82) is 0 Å². The molecule has 9 heteroatoms. The van der Waals surface area contributed by atoms with Crippen LogP contribution in [0.5, 0.6) is 0 Å². The highest BCUT2D eigenvalue weighted by molar-refractivity contribution is 5.94. The molecule has 2 atom stereocenters. The third-order valence-corrected chi connectivity index (χ3v) is 4.88. The molecule has 0 radical (unpaired) electrons. The number of hydrogen-bond acceptors (Lipinski definition) is 5. The minimum absolute atomic E-state index is 0.208. The standard InChI is InChI=1S/C27H40N4O5/c1-9-11-16-31(24(34)20(17-21(28)32)29-25(35)36-27(6,7)8)22(23(33)30-26(3,4)5)19-14-12-18(10-2)13-15-19/h2,12-15,20,22H,9,11,16-17H2,1,3-8H3,(H2,28,32)(H,29,35)(H,30,33). The SMILES string of the molecule is C#Cc1ccc(C(C(=O)NC(C)(C)C)N(CCCC)C(=O)C(CC(N)=O)NC(=O)OC(C)(C)C)cc1. The van der Waals surface area contributed by atoms with Gasteiger partial charge in [0.15, 0.2) is 0 Å². The number of ether oxygens (including phenoxy) is 1. The summed E-state index contributed by atoms with van der Waals surface area (Å²) in [4.78, 5) is 53.0. The lowest BCUT2D eigenvalue weighted by molar-refractivity contribution is -0.144. The van der Waals surface area contributed by atoms with Crippen LogP contribution >= 0.6 is 0 Å². The lowest BCUT2D eigenvalue weighted by Gasteiger charge is -2.36. The molecule has 0 aromatic heterocycles. The molecule has 1 rings (SSSR count). The first kappa shape index (κ1) is 30.5. The summed E-state index contributed by atoms with van der Waals surface area (Å²) >= 11 is 0. The smallest absolute Gasteiger partial charge is 0.408 e. The summed E-state index contributed by atoms with van der Waals surface area (Å²) in [5.74, 6) is 0.721. The fourth-order valence-electron chi connectivity index (χ4n) is 3.42. The van der Waals surface area contributed by atoms with Crippen LogP contribution in [0.15, 0.2) is 24.3 Å². The van der Waals surface area contributed by atoms with Crippen molar-refractivity contribution >= 4 is 23.8 Å². The van der Waals surface area contributed by atoms with E-state index in [9.17, 15) is 19.2 Å². The minimum atomic E-state index is -1.32. The van der Waals surface area contributed by atoms with Crippen LogP contribution in [0.3, 0.4) is 0 Å². The van der Waals surface area contributed by atoms with Gasteiger partial charge in [0, 0.05) is 17.6 Å². The van der Waals surface area contributed by atoms with Crippen LogP contribution in [0.4, 0.5) is 4.79 Å². The number of primary amides is 1. The maximum Gasteiger partial charge on any atom is 0.408 e. The molecule has 0 aliphatic carbocycles. The second kappa shape index (κ2) is 13.0. The molecule has 0 fully saturated rings. The van der Waals surface area contributed by atoms with E-state index in [-0.39, 0.29) is 6.54 Å². The Bertz CT molecular complexity index is 968. The van der Waals surface area contributed by atoms with E-state index in [1.807, 2.05) is 27.7 Å². The maximum absolute atomic E-state index is 13.8. The van der Waals surface area contributed by atoms with Crippen molar-refractivity contribution in [3.8, 4) is 12.3 Å². The van der Waals surface area contributed by atoms with Gasteiger partial charge in [0.2, 0.25) is 17.7 Å². The molecule has 0 saturated heterocycles. The number of carbonyl (C=O) groups is 4. The minimum Gasteiger partial charge on any atom is -0.444 e. The Labute approximate surface area is 214 Å². The Kier molecular flexibility index (Phi) is 11.0. The summed E-state index contributed by atoms with van der Waals surface area (Å²) in [7, 11) is 0. The molecule has 36 heavy (non-hydrogen) atoms. The largest absolute Gasteiger partial charge is 0.444 e. The molecule has 198 valence electrons. The number of benzene rings is 1. The zero-order valence-electron chi connectivity index (χ0n) is 22.4. The zero-order chi connectivity index (χ0) is 27.7. The van der Waals surface area contributed by atoms with Gasteiger partial charge in [0.05, 0.1) is 6.42 Å².